The normalized spacial score (nSPS) is 11.9. The molecule has 3 aromatic heterocycles. The summed E-state index contributed by atoms with van der Waals surface area (Å²) in [5, 5.41) is 7.82. The van der Waals surface area contributed by atoms with Crippen LogP contribution in [0.15, 0.2) is 154 Å². The van der Waals surface area contributed by atoms with Gasteiger partial charge in [0.2, 0.25) is 0 Å². The van der Waals surface area contributed by atoms with Gasteiger partial charge in [-0.25, -0.2) is 4.98 Å². The molecule has 7 aromatic carbocycles. The van der Waals surface area contributed by atoms with Crippen molar-refractivity contribution in [2.45, 2.75) is 0 Å². The molecule has 5 heteroatoms. The lowest BCUT2D eigenvalue weighted by Gasteiger charge is -2.26. The molecule has 0 bridgehead atoms. The molecule has 3 heterocycles. The number of furan rings is 2. The molecule has 0 fully saturated rings. The maximum Gasteiger partial charge on any atom is 0.137 e. The second-order valence-corrected chi connectivity index (χ2v) is 12.6. The minimum atomic E-state index is 0.853. The highest BCUT2D eigenvalue weighted by atomic mass is 32.1. The van der Waals surface area contributed by atoms with E-state index in [2.05, 4.69) is 120 Å². The first-order valence-electron chi connectivity index (χ1n) is 15.3. The Hall–Kier alpha value is -5.91. The number of fused-ring (bicyclic) bond motifs is 9. The molecular formula is C41H24N2O2S. The van der Waals surface area contributed by atoms with Crippen LogP contribution in [0.1, 0.15) is 0 Å². The molecule has 0 aliphatic rings. The molecule has 0 amide bonds. The highest BCUT2D eigenvalue weighted by molar-refractivity contribution is 7.22. The van der Waals surface area contributed by atoms with Crippen molar-refractivity contribution in [2.75, 3.05) is 4.90 Å². The molecule has 0 radical (unpaired) electrons. The molecule has 0 saturated heterocycles. The predicted octanol–water partition coefficient (Wildman–Crippen LogP) is 12.4. The Balaban J connectivity index is 1.20. The van der Waals surface area contributed by atoms with Crippen LogP contribution >= 0.6 is 11.3 Å². The Morgan fingerprint density at radius 3 is 1.67 bits per heavy atom. The fourth-order valence-electron chi connectivity index (χ4n) is 6.69. The van der Waals surface area contributed by atoms with E-state index in [1.165, 1.54) is 15.5 Å². The number of hydrogen-bond acceptors (Lipinski definition) is 5. The molecule has 10 rings (SSSR count). The van der Waals surface area contributed by atoms with E-state index in [4.69, 9.17) is 13.8 Å². The van der Waals surface area contributed by atoms with Crippen molar-refractivity contribution in [2.24, 2.45) is 0 Å². The van der Waals surface area contributed by atoms with Crippen LogP contribution in [-0.2, 0) is 0 Å². The zero-order chi connectivity index (χ0) is 30.2. The molecule has 0 atom stereocenters. The maximum absolute atomic E-state index is 6.35. The third-order valence-corrected chi connectivity index (χ3v) is 10.0. The summed E-state index contributed by atoms with van der Waals surface area (Å²) < 4.78 is 13.9. The summed E-state index contributed by atoms with van der Waals surface area (Å²) in [4.78, 5) is 7.30. The van der Waals surface area contributed by atoms with Gasteiger partial charge < -0.3 is 13.7 Å². The third-order valence-electron chi connectivity index (χ3n) is 8.88. The summed E-state index contributed by atoms with van der Waals surface area (Å²) in [6, 6.07) is 50.8. The Labute approximate surface area is 267 Å². The summed E-state index contributed by atoms with van der Waals surface area (Å²) in [5.41, 5.74) is 8.67. The van der Waals surface area contributed by atoms with Crippen molar-refractivity contribution in [1.29, 1.82) is 0 Å². The van der Waals surface area contributed by atoms with Crippen LogP contribution in [0.2, 0.25) is 0 Å². The van der Waals surface area contributed by atoms with E-state index in [1.807, 2.05) is 30.3 Å². The van der Waals surface area contributed by atoms with Gasteiger partial charge in [0, 0.05) is 61.7 Å². The van der Waals surface area contributed by atoms with Crippen LogP contribution in [0.5, 0.6) is 0 Å². The third kappa shape index (κ3) is 3.89. The number of thiazole rings is 1. The first kappa shape index (κ1) is 25.4. The summed E-state index contributed by atoms with van der Waals surface area (Å²) in [6.45, 7) is 0. The lowest BCUT2D eigenvalue weighted by molar-refractivity contribution is 0.669. The van der Waals surface area contributed by atoms with Gasteiger partial charge >= 0.3 is 0 Å². The van der Waals surface area contributed by atoms with Gasteiger partial charge in [-0.15, -0.1) is 11.3 Å². The zero-order valence-corrected chi connectivity index (χ0v) is 25.3. The van der Waals surface area contributed by atoms with E-state index in [0.717, 1.165) is 77.0 Å². The quantitative estimate of drug-likeness (QED) is 0.199. The Bertz CT molecular complexity index is 2660. The lowest BCUT2D eigenvalue weighted by Crippen LogP contribution is -2.09. The van der Waals surface area contributed by atoms with E-state index in [1.54, 1.807) is 11.3 Å². The lowest BCUT2D eigenvalue weighted by atomic mass is 10.1. The summed E-state index contributed by atoms with van der Waals surface area (Å²) in [6.07, 6.45) is 0. The molecule has 0 unspecified atom stereocenters. The minimum absolute atomic E-state index is 0.853. The van der Waals surface area contributed by atoms with Crippen molar-refractivity contribution in [3.8, 4) is 10.6 Å². The molecule has 0 N–H and O–H groups in total. The second-order valence-electron chi connectivity index (χ2n) is 11.6. The van der Waals surface area contributed by atoms with Gasteiger partial charge in [-0.05, 0) is 60.0 Å². The van der Waals surface area contributed by atoms with Gasteiger partial charge in [-0.1, -0.05) is 78.9 Å². The van der Waals surface area contributed by atoms with Crippen LogP contribution in [0.3, 0.4) is 0 Å². The second kappa shape index (κ2) is 9.80. The Morgan fingerprint density at radius 1 is 0.457 bits per heavy atom. The smallest absolute Gasteiger partial charge is 0.137 e. The van der Waals surface area contributed by atoms with Crippen molar-refractivity contribution in [3.63, 3.8) is 0 Å². The van der Waals surface area contributed by atoms with E-state index in [-0.39, 0.29) is 0 Å². The van der Waals surface area contributed by atoms with Crippen molar-refractivity contribution in [3.05, 3.63) is 146 Å². The highest BCUT2D eigenvalue weighted by Gasteiger charge is 2.19. The Morgan fingerprint density at radius 2 is 1.00 bits per heavy atom. The predicted molar refractivity (Wildman–Crippen MR) is 192 cm³/mol. The van der Waals surface area contributed by atoms with Gasteiger partial charge in [0.1, 0.15) is 27.3 Å². The molecule has 10 aromatic rings. The first-order chi connectivity index (χ1) is 22.8. The zero-order valence-electron chi connectivity index (χ0n) is 24.5. The number of nitrogens with zero attached hydrogens (tertiary/aromatic N) is 2. The van der Waals surface area contributed by atoms with E-state index < -0.39 is 0 Å². The van der Waals surface area contributed by atoms with Crippen molar-refractivity contribution < 1.29 is 8.83 Å². The van der Waals surface area contributed by atoms with Gasteiger partial charge in [0.15, 0.2) is 0 Å². The maximum atomic E-state index is 6.35. The molecule has 46 heavy (non-hydrogen) atoms. The van der Waals surface area contributed by atoms with Crippen molar-refractivity contribution >= 4 is 93.3 Å². The minimum Gasteiger partial charge on any atom is -0.456 e. The SMILES string of the molecule is c1ccc(-c2nc3ccc4ccc(N(c5ccc6c(c5)oc5ccccc56)c5ccc6c(c5)oc5ccccc56)cc4c3s2)cc1. The molecule has 0 aliphatic heterocycles. The molecule has 4 nitrogen and oxygen atoms in total. The average Bonchev–Trinajstić information content (AvgIpc) is 3.82. The van der Waals surface area contributed by atoms with E-state index in [9.17, 15) is 0 Å². The van der Waals surface area contributed by atoms with Gasteiger partial charge in [-0.2, -0.15) is 0 Å². The molecule has 216 valence electrons. The van der Waals surface area contributed by atoms with Crippen LogP contribution in [0.4, 0.5) is 17.1 Å². The van der Waals surface area contributed by atoms with Crippen LogP contribution < -0.4 is 4.90 Å². The largest absolute Gasteiger partial charge is 0.456 e. The van der Waals surface area contributed by atoms with E-state index in [0.29, 0.717) is 0 Å². The number of anilines is 3. The Kier molecular flexibility index (Phi) is 5.41. The number of hydrogen-bond donors (Lipinski definition) is 0. The topological polar surface area (TPSA) is 42.4 Å². The number of aromatic nitrogens is 1. The van der Waals surface area contributed by atoms with Gasteiger partial charge in [0.05, 0.1) is 10.2 Å². The standard InChI is InChI=1S/C41H24N2O2S/c1-2-8-26(9-3-1)41-42-35-21-15-25-14-16-27(22-34(25)40(35)46-41)43(28-17-19-32-30-10-4-6-12-36(30)44-38(32)23-28)29-18-20-33-31-11-5-7-13-37(31)45-39(33)24-29/h1-24H. The monoisotopic (exact) mass is 608 g/mol. The van der Waals surface area contributed by atoms with E-state index >= 15 is 0 Å². The molecular weight excluding hydrogens is 585 g/mol. The fraction of sp³-hybridized carbons (Fsp3) is 0. The highest BCUT2D eigenvalue weighted by Crippen LogP contribution is 2.43. The van der Waals surface area contributed by atoms with Gasteiger partial charge in [-0.3, -0.25) is 0 Å². The summed E-state index contributed by atoms with van der Waals surface area (Å²) in [7, 11) is 0. The van der Waals surface area contributed by atoms with Gasteiger partial charge in [0.25, 0.3) is 0 Å². The number of benzene rings is 7. The molecule has 0 saturated carbocycles. The number of para-hydroxylation sites is 2. The first-order valence-corrected chi connectivity index (χ1v) is 16.1. The molecule has 0 spiro atoms. The van der Waals surface area contributed by atoms with Crippen LogP contribution in [0, 0.1) is 0 Å². The molecule has 0 aliphatic carbocycles. The fourth-order valence-corrected chi connectivity index (χ4v) is 7.79. The van der Waals surface area contributed by atoms with Crippen LogP contribution in [-0.4, -0.2) is 4.98 Å². The number of rotatable bonds is 4. The summed E-state index contributed by atoms with van der Waals surface area (Å²) in [5.74, 6) is 0. The average molecular weight is 609 g/mol. The summed E-state index contributed by atoms with van der Waals surface area (Å²) >= 11 is 1.74. The van der Waals surface area contributed by atoms with Crippen molar-refractivity contribution in [1.82, 2.24) is 4.98 Å². The van der Waals surface area contributed by atoms with Crippen LogP contribution in [0.25, 0.3) is 75.4 Å².